The summed E-state index contributed by atoms with van der Waals surface area (Å²) < 4.78 is 2.61. The Morgan fingerprint density at radius 2 is 1.67 bits per heavy atom. The summed E-state index contributed by atoms with van der Waals surface area (Å²) >= 11 is 0. The van der Waals surface area contributed by atoms with Gasteiger partial charge >= 0.3 is 5.69 Å². The van der Waals surface area contributed by atoms with Crippen molar-refractivity contribution in [2.24, 2.45) is 0 Å². The first kappa shape index (κ1) is 19.9. The molecular formula is C23H26N4O3. The van der Waals surface area contributed by atoms with Crippen LogP contribution in [0.1, 0.15) is 12.5 Å². The number of piperazine rings is 1. The standard InChI is InChI=1S/C23H26N4O3/c1-3-26-22(29)19-9-4-5-10-20(19)27(23(26)30)16-21(28)25-13-11-24(12-14-25)18-8-6-7-17(2)15-18/h4-10,15H,3,11-14,16H2,1-2H3. The predicted molar refractivity (Wildman–Crippen MR) is 118 cm³/mol. The van der Waals surface area contributed by atoms with Crippen molar-refractivity contribution in [2.75, 3.05) is 31.1 Å². The molecule has 7 heteroatoms. The van der Waals surface area contributed by atoms with Crippen molar-refractivity contribution in [1.82, 2.24) is 14.0 Å². The molecule has 3 aromatic rings. The third kappa shape index (κ3) is 3.63. The molecule has 1 aliphatic heterocycles. The first-order chi connectivity index (χ1) is 14.5. The molecule has 1 amide bonds. The Morgan fingerprint density at radius 3 is 2.37 bits per heavy atom. The predicted octanol–water partition coefficient (Wildman–Crippen LogP) is 1.84. The molecule has 2 heterocycles. The van der Waals surface area contributed by atoms with Crippen LogP contribution >= 0.6 is 0 Å². The molecular weight excluding hydrogens is 380 g/mol. The maximum absolute atomic E-state index is 13.0. The van der Waals surface area contributed by atoms with Gasteiger partial charge in [0.05, 0.1) is 10.9 Å². The topological polar surface area (TPSA) is 67.6 Å². The molecule has 1 aromatic heterocycles. The number of carbonyl (C=O) groups is 1. The Hall–Kier alpha value is -3.35. The van der Waals surface area contributed by atoms with Gasteiger partial charge in [0.25, 0.3) is 5.56 Å². The van der Waals surface area contributed by atoms with E-state index in [1.54, 1.807) is 36.1 Å². The summed E-state index contributed by atoms with van der Waals surface area (Å²) in [6, 6.07) is 15.3. The summed E-state index contributed by atoms with van der Waals surface area (Å²) in [6.45, 7) is 6.74. The van der Waals surface area contributed by atoms with Gasteiger partial charge in [-0.25, -0.2) is 4.79 Å². The second-order valence-corrected chi connectivity index (χ2v) is 7.64. The lowest BCUT2D eigenvalue weighted by Crippen LogP contribution is -2.50. The monoisotopic (exact) mass is 406 g/mol. The molecule has 0 bridgehead atoms. The molecule has 1 fully saturated rings. The summed E-state index contributed by atoms with van der Waals surface area (Å²) in [5, 5.41) is 0.455. The second kappa shape index (κ2) is 8.18. The Bertz CT molecular complexity index is 1200. The molecule has 0 radical (unpaired) electrons. The molecule has 7 nitrogen and oxygen atoms in total. The van der Waals surface area contributed by atoms with Crippen LogP contribution in [0.15, 0.2) is 58.1 Å². The number of hydrogen-bond donors (Lipinski definition) is 0. The minimum absolute atomic E-state index is 0.0654. The van der Waals surface area contributed by atoms with Gasteiger partial charge in [-0.2, -0.15) is 0 Å². The Kier molecular flexibility index (Phi) is 5.44. The maximum Gasteiger partial charge on any atom is 0.331 e. The summed E-state index contributed by atoms with van der Waals surface area (Å²) in [4.78, 5) is 42.5. The van der Waals surface area contributed by atoms with Crippen LogP contribution < -0.4 is 16.1 Å². The number of hydrogen-bond acceptors (Lipinski definition) is 4. The fraction of sp³-hybridized carbons (Fsp3) is 0.348. The zero-order valence-electron chi connectivity index (χ0n) is 17.4. The molecule has 156 valence electrons. The number of para-hydroxylation sites is 1. The van der Waals surface area contributed by atoms with E-state index < -0.39 is 5.69 Å². The molecule has 2 aromatic carbocycles. The van der Waals surface area contributed by atoms with Gasteiger partial charge < -0.3 is 9.80 Å². The van der Waals surface area contributed by atoms with E-state index in [0.29, 0.717) is 24.0 Å². The molecule has 1 saturated heterocycles. The number of benzene rings is 2. The average Bonchev–Trinajstić information content (AvgIpc) is 2.77. The fourth-order valence-electron chi connectivity index (χ4n) is 4.08. The van der Waals surface area contributed by atoms with Gasteiger partial charge in [-0.05, 0) is 43.7 Å². The van der Waals surface area contributed by atoms with E-state index in [1.165, 1.54) is 20.4 Å². The highest BCUT2D eigenvalue weighted by Gasteiger charge is 2.23. The van der Waals surface area contributed by atoms with Crippen LogP contribution in [0, 0.1) is 6.92 Å². The van der Waals surface area contributed by atoms with Gasteiger partial charge in [-0.3, -0.25) is 18.7 Å². The Morgan fingerprint density at radius 1 is 0.933 bits per heavy atom. The van der Waals surface area contributed by atoms with Crippen LogP contribution in [0.3, 0.4) is 0 Å². The minimum Gasteiger partial charge on any atom is -0.368 e. The van der Waals surface area contributed by atoms with Crippen molar-refractivity contribution in [3.8, 4) is 0 Å². The largest absolute Gasteiger partial charge is 0.368 e. The van der Waals surface area contributed by atoms with E-state index >= 15 is 0 Å². The van der Waals surface area contributed by atoms with Gasteiger partial charge in [-0.1, -0.05) is 24.3 Å². The third-order valence-corrected chi connectivity index (χ3v) is 5.74. The summed E-state index contributed by atoms with van der Waals surface area (Å²) in [6.07, 6.45) is 0. The number of nitrogens with zero attached hydrogens (tertiary/aromatic N) is 4. The third-order valence-electron chi connectivity index (χ3n) is 5.74. The normalized spacial score (nSPS) is 14.3. The molecule has 0 spiro atoms. The quantitative estimate of drug-likeness (QED) is 0.663. The zero-order chi connectivity index (χ0) is 21.3. The van der Waals surface area contributed by atoms with E-state index in [-0.39, 0.29) is 24.6 Å². The number of amides is 1. The number of anilines is 1. The van der Waals surface area contributed by atoms with Crippen LogP contribution in [-0.2, 0) is 17.9 Å². The second-order valence-electron chi connectivity index (χ2n) is 7.64. The van der Waals surface area contributed by atoms with Crippen molar-refractivity contribution in [2.45, 2.75) is 26.9 Å². The minimum atomic E-state index is -0.437. The summed E-state index contributed by atoms with van der Waals surface area (Å²) in [7, 11) is 0. The van der Waals surface area contributed by atoms with E-state index in [9.17, 15) is 14.4 Å². The first-order valence-corrected chi connectivity index (χ1v) is 10.3. The number of aryl methyl sites for hydroxylation is 1. The average molecular weight is 406 g/mol. The zero-order valence-corrected chi connectivity index (χ0v) is 17.4. The maximum atomic E-state index is 13.0. The number of fused-ring (bicyclic) bond motifs is 1. The van der Waals surface area contributed by atoms with Crippen LogP contribution in [0.4, 0.5) is 5.69 Å². The smallest absolute Gasteiger partial charge is 0.331 e. The van der Waals surface area contributed by atoms with Crippen molar-refractivity contribution in [1.29, 1.82) is 0 Å². The molecule has 0 atom stereocenters. The van der Waals surface area contributed by atoms with Crippen LogP contribution in [-0.4, -0.2) is 46.1 Å². The van der Waals surface area contributed by atoms with Crippen molar-refractivity contribution in [3.05, 3.63) is 74.9 Å². The SMILES string of the molecule is CCn1c(=O)c2ccccc2n(CC(=O)N2CCN(c3cccc(C)c3)CC2)c1=O. The highest BCUT2D eigenvalue weighted by atomic mass is 16.2. The molecule has 0 aliphatic carbocycles. The van der Waals surface area contributed by atoms with E-state index in [1.807, 2.05) is 6.07 Å². The Labute approximate surface area is 174 Å². The van der Waals surface area contributed by atoms with Crippen LogP contribution in [0.2, 0.25) is 0 Å². The lowest BCUT2D eigenvalue weighted by molar-refractivity contribution is -0.132. The van der Waals surface area contributed by atoms with Gasteiger partial charge in [0.1, 0.15) is 6.54 Å². The van der Waals surface area contributed by atoms with Gasteiger partial charge in [-0.15, -0.1) is 0 Å². The molecule has 0 unspecified atom stereocenters. The fourth-order valence-corrected chi connectivity index (χ4v) is 4.08. The van der Waals surface area contributed by atoms with Crippen molar-refractivity contribution >= 4 is 22.5 Å². The number of carbonyl (C=O) groups excluding carboxylic acids is 1. The molecule has 0 saturated carbocycles. The lowest BCUT2D eigenvalue weighted by atomic mass is 10.2. The molecule has 0 N–H and O–H groups in total. The first-order valence-electron chi connectivity index (χ1n) is 10.3. The van der Waals surface area contributed by atoms with E-state index in [2.05, 4.69) is 30.0 Å². The highest BCUT2D eigenvalue weighted by molar-refractivity contribution is 5.81. The number of aromatic nitrogens is 2. The Balaban J connectivity index is 1.55. The van der Waals surface area contributed by atoms with Gasteiger partial charge in [0, 0.05) is 38.4 Å². The highest BCUT2D eigenvalue weighted by Crippen LogP contribution is 2.18. The van der Waals surface area contributed by atoms with E-state index in [0.717, 1.165) is 13.1 Å². The van der Waals surface area contributed by atoms with Crippen LogP contribution in [0.5, 0.6) is 0 Å². The summed E-state index contributed by atoms with van der Waals surface area (Å²) in [5.74, 6) is -0.104. The lowest BCUT2D eigenvalue weighted by Gasteiger charge is -2.36. The molecule has 30 heavy (non-hydrogen) atoms. The van der Waals surface area contributed by atoms with E-state index in [4.69, 9.17) is 0 Å². The van der Waals surface area contributed by atoms with Gasteiger partial charge in [0.2, 0.25) is 5.91 Å². The van der Waals surface area contributed by atoms with Gasteiger partial charge in [0.15, 0.2) is 0 Å². The van der Waals surface area contributed by atoms with Crippen molar-refractivity contribution < 1.29 is 4.79 Å². The summed E-state index contributed by atoms with van der Waals surface area (Å²) in [5.41, 5.74) is 2.13. The van der Waals surface area contributed by atoms with Crippen molar-refractivity contribution in [3.63, 3.8) is 0 Å². The molecule has 4 rings (SSSR count). The number of rotatable bonds is 4. The molecule has 1 aliphatic rings. The van der Waals surface area contributed by atoms with Crippen LogP contribution in [0.25, 0.3) is 10.9 Å².